The molecule has 16 heavy (non-hydrogen) atoms. The van der Waals surface area contributed by atoms with Gasteiger partial charge in [0.1, 0.15) is 13.2 Å². The van der Waals surface area contributed by atoms with Crippen LogP contribution < -0.4 is 5.73 Å². The van der Waals surface area contributed by atoms with E-state index in [0.717, 1.165) is 11.0 Å². The molecule has 0 bridgehead atoms. The monoisotopic (exact) mass is 296 g/mol. The maximum atomic E-state index is 11.1. The Morgan fingerprint density at radius 2 is 1.62 bits per heavy atom. The first-order valence-corrected chi connectivity index (χ1v) is 5.79. The summed E-state index contributed by atoms with van der Waals surface area (Å²) in [6, 6.07) is 0. The van der Waals surface area contributed by atoms with Gasteiger partial charge in [-0.15, -0.1) is 33.9 Å². The van der Waals surface area contributed by atoms with Gasteiger partial charge in [-0.05, 0) is 13.0 Å². The van der Waals surface area contributed by atoms with E-state index in [0.29, 0.717) is 26.2 Å². The van der Waals surface area contributed by atoms with Crippen LogP contribution in [0, 0.1) is 0 Å². The van der Waals surface area contributed by atoms with Gasteiger partial charge in [-0.25, -0.2) is 0 Å². The highest BCUT2D eigenvalue weighted by Gasteiger charge is 2.21. The molecule has 0 rings (SSSR count). The van der Waals surface area contributed by atoms with Crippen molar-refractivity contribution >= 4 is 33.1 Å². The Bertz CT molecular complexity index is 179. The third-order valence-electron chi connectivity index (χ3n) is 1.50. The zero-order chi connectivity index (χ0) is 11.0. The van der Waals surface area contributed by atoms with Crippen molar-refractivity contribution in [3.63, 3.8) is 0 Å². The molecule has 0 saturated heterocycles. The number of nitrogens with zero attached hydrogens (tertiary/aromatic N) is 1. The summed E-state index contributed by atoms with van der Waals surface area (Å²) in [4.78, 5) is 0. The summed E-state index contributed by atoms with van der Waals surface area (Å²) in [5, 5.41) is 0. The molecule has 8 heteroatoms. The lowest BCUT2D eigenvalue weighted by atomic mass is 10.5. The van der Waals surface area contributed by atoms with Gasteiger partial charge in [-0.1, -0.05) is 0 Å². The lowest BCUT2D eigenvalue weighted by molar-refractivity contribution is -0.870. The Morgan fingerprint density at radius 1 is 1.12 bits per heavy atom. The van der Waals surface area contributed by atoms with Crippen LogP contribution in [-0.4, -0.2) is 51.9 Å². The van der Waals surface area contributed by atoms with E-state index in [1.807, 2.05) is 21.1 Å². The van der Waals surface area contributed by atoms with Crippen molar-refractivity contribution in [2.24, 2.45) is 5.73 Å². The van der Waals surface area contributed by atoms with Crippen molar-refractivity contribution in [3.05, 3.63) is 0 Å². The van der Waals surface area contributed by atoms with Crippen LogP contribution in [-0.2, 0) is 13.6 Å². The predicted octanol–water partition coefficient (Wildman–Crippen LogP) is 1.58. The topological polar surface area (TPSA) is 61.5 Å². The lowest BCUT2D eigenvalue weighted by Crippen LogP contribution is -2.37. The van der Waals surface area contributed by atoms with E-state index in [4.69, 9.17) is 14.8 Å². The van der Waals surface area contributed by atoms with Gasteiger partial charge in [0.25, 0.3) is 0 Å². The molecule has 100 valence electrons. The lowest BCUT2D eigenvalue weighted by Gasteiger charge is -2.21. The number of halogens is 2. The minimum Gasteiger partial charge on any atom is -0.330 e. The number of nitrogens with two attached hydrogens (primary N) is 1. The van der Waals surface area contributed by atoms with Gasteiger partial charge in [0.05, 0.1) is 21.1 Å². The first-order chi connectivity index (χ1) is 6.45. The molecule has 0 fully saturated rings. The molecule has 0 saturated carbocycles. The summed E-state index contributed by atoms with van der Waals surface area (Å²) in [6.45, 7) is 2.20. The van der Waals surface area contributed by atoms with Crippen molar-refractivity contribution in [1.29, 1.82) is 0 Å². The van der Waals surface area contributed by atoms with Crippen LogP contribution in [0.15, 0.2) is 0 Å². The van der Waals surface area contributed by atoms with Crippen LogP contribution in [0.2, 0.25) is 0 Å². The molecule has 0 aromatic carbocycles. The molecule has 0 spiro atoms. The summed E-state index contributed by atoms with van der Waals surface area (Å²) < 4.78 is 21.7. The summed E-state index contributed by atoms with van der Waals surface area (Å²) in [7, 11) is 4.18. The van der Waals surface area contributed by atoms with Crippen LogP contribution in [0.5, 0.6) is 0 Å². The molecular formula is C8H23Cl2N2O3P+2. The van der Waals surface area contributed by atoms with E-state index in [1.54, 1.807) is 0 Å². The zero-order valence-electron chi connectivity index (χ0n) is 10.0. The van der Waals surface area contributed by atoms with Crippen molar-refractivity contribution in [1.82, 2.24) is 0 Å². The quantitative estimate of drug-likeness (QED) is 0.420. The average Bonchev–Trinajstić information content (AvgIpc) is 2.02. The third kappa shape index (κ3) is 16.9. The number of likely N-dealkylation sites (N-methyl/N-ethyl adjacent to an activating group) is 1. The smallest absolute Gasteiger partial charge is 0.330 e. The second kappa shape index (κ2) is 12.0. The molecular weight excluding hydrogens is 274 g/mol. The molecule has 0 heterocycles. The second-order valence-electron chi connectivity index (χ2n) is 4.05. The molecule has 0 amide bonds. The molecule has 1 atom stereocenters. The molecule has 0 aromatic rings. The van der Waals surface area contributed by atoms with Gasteiger partial charge in [0.15, 0.2) is 6.61 Å². The Balaban J connectivity index is -0.000000845. The van der Waals surface area contributed by atoms with Crippen molar-refractivity contribution in [3.8, 4) is 0 Å². The largest absolute Gasteiger partial charge is 0.697 e. The molecule has 0 aliphatic carbocycles. The summed E-state index contributed by atoms with van der Waals surface area (Å²) in [5.41, 5.74) is 5.25. The minimum atomic E-state index is -1.96. The Hall–Kier alpha value is 0.520. The van der Waals surface area contributed by atoms with Crippen molar-refractivity contribution in [2.75, 3.05) is 47.4 Å². The predicted molar refractivity (Wildman–Crippen MR) is 70.6 cm³/mol. The number of hydrogen-bond donors (Lipinski definition) is 1. The SMILES string of the molecule is C[N+](C)(C)CCO[P+](=O)OCCCN.Cl.Cl. The highest BCUT2D eigenvalue weighted by Crippen LogP contribution is 2.23. The maximum Gasteiger partial charge on any atom is 0.697 e. The van der Waals surface area contributed by atoms with E-state index in [-0.39, 0.29) is 24.8 Å². The highest BCUT2D eigenvalue weighted by molar-refractivity contribution is 7.33. The molecule has 1 unspecified atom stereocenters. The van der Waals surface area contributed by atoms with Gasteiger partial charge in [0, 0.05) is 4.57 Å². The summed E-state index contributed by atoms with van der Waals surface area (Å²) >= 11 is 0. The van der Waals surface area contributed by atoms with Crippen LogP contribution >= 0.6 is 33.1 Å². The fourth-order valence-corrected chi connectivity index (χ4v) is 1.23. The zero-order valence-corrected chi connectivity index (χ0v) is 12.6. The van der Waals surface area contributed by atoms with E-state index >= 15 is 0 Å². The van der Waals surface area contributed by atoms with E-state index < -0.39 is 8.25 Å². The van der Waals surface area contributed by atoms with Gasteiger partial charge in [0.2, 0.25) is 0 Å². The Kier molecular flexibility index (Phi) is 16.3. The van der Waals surface area contributed by atoms with Crippen LogP contribution in [0.25, 0.3) is 0 Å². The van der Waals surface area contributed by atoms with Crippen LogP contribution in [0.1, 0.15) is 6.42 Å². The Morgan fingerprint density at radius 3 is 2.06 bits per heavy atom. The van der Waals surface area contributed by atoms with Gasteiger partial charge in [-0.2, -0.15) is 0 Å². The normalized spacial score (nSPS) is 11.4. The summed E-state index contributed by atoms with van der Waals surface area (Å²) in [5.74, 6) is 0. The first-order valence-electron chi connectivity index (χ1n) is 4.69. The molecule has 0 aromatic heterocycles. The molecule has 5 nitrogen and oxygen atoms in total. The van der Waals surface area contributed by atoms with E-state index in [9.17, 15) is 4.57 Å². The fourth-order valence-electron chi connectivity index (χ4n) is 0.649. The third-order valence-corrected chi connectivity index (χ3v) is 2.29. The average molecular weight is 297 g/mol. The summed E-state index contributed by atoms with van der Waals surface area (Å²) in [6.07, 6.45) is 0.708. The number of quaternary nitrogens is 1. The molecule has 0 radical (unpaired) electrons. The maximum absolute atomic E-state index is 11.1. The van der Waals surface area contributed by atoms with Gasteiger partial charge < -0.3 is 10.2 Å². The number of rotatable bonds is 8. The van der Waals surface area contributed by atoms with Gasteiger partial charge >= 0.3 is 8.25 Å². The molecule has 0 aliphatic rings. The highest BCUT2D eigenvalue weighted by atomic mass is 35.5. The first kappa shape index (κ1) is 21.8. The van der Waals surface area contributed by atoms with E-state index in [2.05, 4.69) is 0 Å². The van der Waals surface area contributed by atoms with Crippen LogP contribution in [0.3, 0.4) is 0 Å². The fraction of sp³-hybridized carbons (Fsp3) is 1.00. The Labute approximate surface area is 111 Å². The number of hydrogen-bond acceptors (Lipinski definition) is 4. The standard InChI is InChI=1S/C8H21N2O3P.2ClH/c1-10(2,3)6-8-13-14(11)12-7-4-5-9;;/h4-9H2,1-3H3;2*1H/q+2;;. The molecule has 0 aliphatic heterocycles. The second-order valence-corrected chi connectivity index (χ2v) is 5.01. The van der Waals surface area contributed by atoms with Crippen LogP contribution in [0.4, 0.5) is 0 Å². The van der Waals surface area contributed by atoms with E-state index in [1.165, 1.54) is 0 Å². The van der Waals surface area contributed by atoms with Crippen molar-refractivity contribution in [2.45, 2.75) is 6.42 Å². The van der Waals surface area contributed by atoms with Gasteiger partial charge in [-0.3, -0.25) is 0 Å². The molecule has 2 N–H and O–H groups in total. The van der Waals surface area contributed by atoms with Crippen molar-refractivity contribution < 1.29 is 18.1 Å². The minimum absolute atomic E-state index is 0.